The second-order valence-electron chi connectivity index (χ2n) is 4.06. The number of carbonyl (C=O) groups excluding carboxylic acids is 1. The van der Waals surface area contributed by atoms with Gasteiger partial charge in [-0.15, -0.1) is 0 Å². The monoisotopic (exact) mass is 168 g/mol. The molecule has 2 rings (SSSR count). The zero-order valence-corrected chi connectivity index (χ0v) is 7.47. The molecule has 1 aliphatic carbocycles. The predicted molar refractivity (Wildman–Crippen MR) is 46.0 cm³/mol. The summed E-state index contributed by atoms with van der Waals surface area (Å²) >= 11 is 0. The summed E-state index contributed by atoms with van der Waals surface area (Å²) in [6, 6.07) is 0. The van der Waals surface area contributed by atoms with E-state index in [1.807, 2.05) is 0 Å². The Kier molecular flexibility index (Phi) is 2.18. The van der Waals surface area contributed by atoms with E-state index in [1.54, 1.807) is 0 Å². The Hall–Kier alpha value is -0.370. The molecule has 2 fully saturated rings. The summed E-state index contributed by atoms with van der Waals surface area (Å²) in [7, 11) is 0. The molecular weight excluding hydrogens is 152 g/mol. The first kappa shape index (κ1) is 8.24. The highest BCUT2D eigenvalue weighted by atomic mass is 16.5. The lowest BCUT2D eigenvalue weighted by Gasteiger charge is -2.25. The molecule has 0 radical (unpaired) electrons. The van der Waals surface area contributed by atoms with Crippen LogP contribution in [0.25, 0.3) is 0 Å². The molecule has 1 saturated heterocycles. The summed E-state index contributed by atoms with van der Waals surface area (Å²) in [4.78, 5) is 11.4. The molecule has 0 N–H and O–H groups in total. The zero-order chi connectivity index (χ0) is 8.44. The van der Waals surface area contributed by atoms with E-state index in [1.165, 1.54) is 6.42 Å². The maximum Gasteiger partial charge on any atom is 0.135 e. The molecule has 2 aliphatic rings. The van der Waals surface area contributed by atoms with Gasteiger partial charge in [-0.3, -0.25) is 4.79 Å². The van der Waals surface area contributed by atoms with Gasteiger partial charge >= 0.3 is 0 Å². The van der Waals surface area contributed by atoms with Crippen molar-refractivity contribution in [2.75, 3.05) is 6.61 Å². The van der Waals surface area contributed by atoms with Crippen molar-refractivity contribution in [2.24, 2.45) is 0 Å². The van der Waals surface area contributed by atoms with Gasteiger partial charge in [-0.2, -0.15) is 0 Å². The minimum Gasteiger partial charge on any atom is -0.375 e. The Bertz CT molecular complexity index is 180. The maximum atomic E-state index is 11.4. The van der Waals surface area contributed by atoms with E-state index in [0.29, 0.717) is 12.2 Å². The van der Waals surface area contributed by atoms with Crippen LogP contribution in [0.15, 0.2) is 0 Å². The van der Waals surface area contributed by atoms with Gasteiger partial charge in [-0.1, -0.05) is 6.42 Å². The summed E-state index contributed by atoms with van der Waals surface area (Å²) in [5, 5.41) is 0. The molecule has 1 saturated carbocycles. The average Bonchev–Trinajstić information content (AvgIpc) is 2.39. The van der Waals surface area contributed by atoms with Crippen molar-refractivity contribution >= 4 is 5.78 Å². The molecule has 2 heteroatoms. The largest absolute Gasteiger partial charge is 0.375 e. The third-order valence-corrected chi connectivity index (χ3v) is 3.04. The highest BCUT2D eigenvalue weighted by Gasteiger charge is 2.37. The molecule has 1 aliphatic heterocycles. The predicted octanol–water partition coefficient (Wildman–Crippen LogP) is 2.07. The normalized spacial score (nSPS) is 37.2. The number of rotatable bonds is 0. The summed E-state index contributed by atoms with van der Waals surface area (Å²) in [6.07, 6.45) is 7.08. The van der Waals surface area contributed by atoms with Crippen molar-refractivity contribution in [2.45, 2.75) is 50.5 Å². The first-order chi connectivity index (χ1) is 5.81. The van der Waals surface area contributed by atoms with Gasteiger partial charge < -0.3 is 4.74 Å². The van der Waals surface area contributed by atoms with Gasteiger partial charge in [-0.25, -0.2) is 0 Å². The van der Waals surface area contributed by atoms with Crippen LogP contribution in [0.5, 0.6) is 0 Å². The number of carbonyl (C=O) groups is 1. The summed E-state index contributed by atoms with van der Waals surface area (Å²) in [5.41, 5.74) is -0.0203. The Balaban J connectivity index is 2.07. The fourth-order valence-corrected chi connectivity index (χ4v) is 2.40. The third kappa shape index (κ3) is 1.53. The van der Waals surface area contributed by atoms with E-state index >= 15 is 0 Å². The quantitative estimate of drug-likeness (QED) is 0.553. The van der Waals surface area contributed by atoms with E-state index in [2.05, 4.69) is 0 Å². The van der Waals surface area contributed by atoms with Crippen LogP contribution in [0.1, 0.15) is 44.9 Å². The lowest BCUT2D eigenvalue weighted by Crippen LogP contribution is -2.29. The standard InChI is InChI=1S/C10H16O2/c11-9-4-1-2-5-10(8-9)6-3-7-12-10/h1-8H2/t10-/m1/s1. The second-order valence-corrected chi connectivity index (χ2v) is 4.06. The Labute approximate surface area is 73.3 Å². The van der Waals surface area contributed by atoms with Gasteiger partial charge in [0, 0.05) is 19.4 Å². The van der Waals surface area contributed by atoms with Gasteiger partial charge in [-0.05, 0) is 25.7 Å². The van der Waals surface area contributed by atoms with E-state index in [0.717, 1.165) is 38.7 Å². The summed E-state index contributed by atoms with van der Waals surface area (Å²) in [5.74, 6) is 0.411. The van der Waals surface area contributed by atoms with Crippen molar-refractivity contribution in [1.82, 2.24) is 0 Å². The number of hydrogen-bond acceptors (Lipinski definition) is 2. The van der Waals surface area contributed by atoms with E-state index in [-0.39, 0.29) is 5.60 Å². The van der Waals surface area contributed by atoms with Crippen molar-refractivity contribution in [3.63, 3.8) is 0 Å². The summed E-state index contributed by atoms with van der Waals surface area (Å²) < 4.78 is 5.71. The zero-order valence-electron chi connectivity index (χ0n) is 7.47. The van der Waals surface area contributed by atoms with Crippen LogP contribution in [-0.2, 0) is 9.53 Å². The first-order valence-corrected chi connectivity index (χ1v) is 4.96. The number of hydrogen-bond donors (Lipinski definition) is 0. The molecule has 2 nitrogen and oxygen atoms in total. The molecule has 0 aromatic rings. The van der Waals surface area contributed by atoms with Crippen LogP contribution < -0.4 is 0 Å². The Morgan fingerprint density at radius 3 is 2.75 bits per heavy atom. The number of ketones is 1. The fraction of sp³-hybridized carbons (Fsp3) is 0.900. The van der Waals surface area contributed by atoms with Gasteiger partial charge in [0.15, 0.2) is 0 Å². The van der Waals surface area contributed by atoms with Crippen molar-refractivity contribution in [3.05, 3.63) is 0 Å². The molecular formula is C10H16O2. The van der Waals surface area contributed by atoms with Crippen molar-refractivity contribution in [1.29, 1.82) is 0 Å². The molecule has 0 aromatic heterocycles. The molecule has 0 bridgehead atoms. The smallest absolute Gasteiger partial charge is 0.135 e. The van der Waals surface area contributed by atoms with E-state index < -0.39 is 0 Å². The number of ether oxygens (including phenoxy) is 1. The molecule has 1 heterocycles. The van der Waals surface area contributed by atoms with E-state index in [4.69, 9.17) is 4.74 Å². The topological polar surface area (TPSA) is 26.3 Å². The van der Waals surface area contributed by atoms with E-state index in [9.17, 15) is 4.79 Å². The molecule has 0 unspecified atom stereocenters. The lowest BCUT2D eigenvalue weighted by molar-refractivity contribution is -0.123. The Morgan fingerprint density at radius 1 is 1.17 bits per heavy atom. The van der Waals surface area contributed by atoms with Crippen molar-refractivity contribution < 1.29 is 9.53 Å². The SMILES string of the molecule is O=C1CCCC[C@@]2(CCCO2)C1. The van der Waals surface area contributed by atoms with Gasteiger partial charge in [0.25, 0.3) is 0 Å². The second kappa shape index (κ2) is 3.17. The molecule has 68 valence electrons. The highest BCUT2D eigenvalue weighted by Crippen LogP contribution is 2.36. The molecule has 1 atom stereocenters. The van der Waals surface area contributed by atoms with Crippen LogP contribution in [0.2, 0.25) is 0 Å². The Morgan fingerprint density at radius 2 is 2.00 bits per heavy atom. The highest BCUT2D eigenvalue weighted by molar-refractivity contribution is 5.79. The maximum absolute atomic E-state index is 11.4. The van der Waals surface area contributed by atoms with Gasteiger partial charge in [0.05, 0.1) is 5.60 Å². The lowest BCUT2D eigenvalue weighted by atomic mass is 9.91. The third-order valence-electron chi connectivity index (χ3n) is 3.04. The fourth-order valence-electron chi connectivity index (χ4n) is 2.40. The van der Waals surface area contributed by atoms with Crippen LogP contribution in [0.4, 0.5) is 0 Å². The summed E-state index contributed by atoms with van der Waals surface area (Å²) in [6.45, 7) is 0.868. The van der Waals surface area contributed by atoms with Crippen LogP contribution in [-0.4, -0.2) is 18.0 Å². The minimum atomic E-state index is -0.0203. The molecule has 1 spiro atoms. The first-order valence-electron chi connectivity index (χ1n) is 4.96. The molecule has 0 aromatic carbocycles. The van der Waals surface area contributed by atoms with Gasteiger partial charge in [0.2, 0.25) is 0 Å². The minimum absolute atomic E-state index is 0.0203. The average molecular weight is 168 g/mol. The van der Waals surface area contributed by atoms with Crippen LogP contribution in [0.3, 0.4) is 0 Å². The molecule has 12 heavy (non-hydrogen) atoms. The van der Waals surface area contributed by atoms with Crippen LogP contribution in [0, 0.1) is 0 Å². The van der Waals surface area contributed by atoms with Crippen LogP contribution >= 0.6 is 0 Å². The number of Topliss-reactive ketones (excluding diaryl/α,β-unsaturated/α-hetero) is 1. The molecule has 0 amide bonds. The van der Waals surface area contributed by atoms with Gasteiger partial charge in [0.1, 0.15) is 5.78 Å². The van der Waals surface area contributed by atoms with Crippen molar-refractivity contribution in [3.8, 4) is 0 Å².